The molecule has 0 fully saturated rings. The summed E-state index contributed by atoms with van der Waals surface area (Å²) in [4.78, 5) is 14.1. The van der Waals surface area contributed by atoms with Gasteiger partial charge in [-0.1, -0.05) is 40.2 Å². The Balaban J connectivity index is 1.54. The van der Waals surface area contributed by atoms with Crippen molar-refractivity contribution in [3.63, 3.8) is 0 Å². The number of carbonyl (C=O) groups is 1. The number of hydrogen-bond acceptors (Lipinski definition) is 4. The third kappa shape index (κ3) is 2.97. The Kier molecular flexibility index (Phi) is 4.12. The molecule has 1 aliphatic rings. The van der Waals surface area contributed by atoms with Gasteiger partial charge in [0.15, 0.2) is 0 Å². The number of hydrogen-bond donors (Lipinski definition) is 0. The first-order valence-electron chi connectivity index (χ1n) is 7.47. The average Bonchev–Trinajstić information content (AvgIpc) is 3.04. The number of thiophene rings is 1. The Hall–Kier alpha value is -2.11. The van der Waals surface area contributed by atoms with E-state index in [-0.39, 0.29) is 12.6 Å². The minimum absolute atomic E-state index is 0.258. The van der Waals surface area contributed by atoms with Crippen LogP contribution >= 0.6 is 27.3 Å². The molecule has 120 valence electrons. The van der Waals surface area contributed by atoms with Crippen molar-refractivity contribution in [1.82, 2.24) is 0 Å². The van der Waals surface area contributed by atoms with E-state index in [0.717, 1.165) is 31.8 Å². The molecule has 0 amide bonds. The molecule has 0 unspecified atom stereocenters. The summed E-state index contributed by atoms with van der Waals surface area (Å²) in [6.45, 7) is 0.746. The predicted molar refractivity (Wildman–Crippen MR) is 97.3 cm³/mol. The zero-order valence-corrected chi connectivity index (χ0v) is 15.0. The van der Waals surface area contributed by atoms with Crippen LogP contribution in [-0.4, -0.2) is 5.97 Å². The summed E-state index contributed by atoms with van der Waals surface area (Å²) in [6, 6.07) is 17.5. The van der Waals surface area contributed by atoms with Crippen molar-refractivity contribution >= 4 is 33.2 Å². The van der Waals surface area contributed by atoms with Gasteiger partial charge in [-0.25, -0.2) is 4.79 Å². The summed E-state index contributed by atoms with van der Waals surface area (Å²) >= 11 is 4.88. The first-order chi connectivity index (χ1) is 11.7. The standard InChI is InChI=1S/C19H13BrO3S/c20-14-5-3-4-12(8-14)10-23-19(21)17-9-13-11-22-16-7-2-1-6-15(16)18(13)24-17/h1-9H,10-11H2. The van der Waals surface area contributed by atoms with E-state index in [2.05, 4.69) is 15.9 Å². The lowest BCUT2D eigenvalue weighted by molar-refractivity contribution is 0.0478. The maximum absolute atomic E-state index is 12.4. The van der Waals surface area contributed by atoms with Crippen molar-refractivity contribution in [1.29, 1.82) is 0 Å². The van der Waals surface area contributed by atoms with Gasteiger partial charge in [-0.2, -0.15) is 0 Å². The molecular formula is C19H13BrO3S. The molecule has 0 N–H and O–H groups in total. The molecule has 2 aromatic carbocycles. The SMILES string of the molecule is O=C(OCc1cccc(Br)c1)c1cc2c(s1)-c1ccccc1OC2. The molecule has 0 atom stereocenters. The van der Waals surface area contributed by atoms with E-state index in [0.29, 0.717) is 11.5 Å². The number of esters is 1. The van der Waals surface area contributed by atoms with Gasteiger partial charge in [0.25, 0.3) is 0 Å². The third-order valence-corrected chi connectivity index (χ3v) is 5.47. The highest BCUT2D eigenvalue weighted by Crippen LogP contribution is 2.42. The highest BCUT2D eigenvalue weighted by molar-refractivity contribution is 9.10. The number of para-hydroxylation sites is 1. The van der Waals surface area contributed by atoms with Crippen molar-refractivity contribution in [2.75, 3.05) is 0 Å². The van der Waals surface area contributed by atoms with Gasteiger partial charge in [-0.05, 0) is 35.9 Å². The van der Waals surface area contributed by atoms with Gasteiger partial charge in [0.05, 0.1) is 0 Å². The Morgan fingerprint density at radius 1 is 1.17 bits per heavy atom. The lowest BCUT2D eigenvalue weighted by atomic mass is 10.1. The number of halogens is 1. The minimum atomic E-state index is -0.299. The van der Waals surface area contributed by atoms with Gasteiger partial charge in [0.1, 0.15) is 23.8 Å². The molecule has 0 radical (unpaired) electrons. The number of fused-ring (bicyclic) bond motifs is 3. The fourth-order valence-electron chi connectivity index (χ4n) is 2.65. The summed E-state index contributed by atoms with van der Waals surface area (Å²) < 4.78 is 12.1. The second-order valence-corrected chi connectivity index (χ2v) is 7.42. The number of carbonyl (C=O) groups excluding carboxylic acids is 1. The van der Waals surface area contributed by atoms with E-state index in [1.807, 2.05) is 54.6 Å². The monoisotopic (exact) mass is 400 g/mol. The summed E-state index contributed by atoms with van der Waals surface area (Å²) in [5.74, 6) is 0.563. The maximum Gasteiger partial charge on any atom is 0.348 e. The quantitative estimate of drug-likeness (QED) is 0.550. The Bertz CT molecular complexity index is 916. The molecule has 3 aromatic rings. The van der Waals surface area contributed by atoms with Gasteiger partial charge in [-0.15, -0.1) is 11.3 Å². The van der Waals surface area contributed by atoms with Crippen LogP contribution in [0.15, 0.2) is 59.1 Å². The number of ether oxygens (including phenoxy) is 2. The summed E-state index contributed by atoms with van der Waals surface area (Å²) in [6.07, 6.45) is 0. The molecular weight excluding hydrogens is 388 g/mol. The fraction of sp³-hybridized carbons (Fsp3) is 0.105. The van der Waals surface area contributed by atoms with Crippen molar-refractivity contribution in [3.8, 4) is 16.2 Å². The molecule has 24 heavy (non-hydrogen) atoms. The van der Waals surface area contributed by atoms with Crippen LogP contribution in [0.2, 0.25) is 0 Å². The van der Waals surface area contributed by atoms with Gasteiger partial charge < -0.3 is 9.47 Å². The smallest absolute Gasteiger partial charge is 0.348 e. The normalized spacial score (nSPS) is 12.0. The Labute approximate surface area is 152 Å². The van der Waals surface area contributed by atoms with Gasteiger partial charge in [0, 0.05) is 20.5 Å². The zero-order chi connectivity index (χ0) is 16.5. The maximum atomic E-state index is 12.4. The van der Waals surface area contributed by atoms with E-state index in [4.69, 9.17) is 9.47 Å². The first-order valence-corrected chi connectivity index (χ1v) is 9.08. The number of benzene rings is 2. The second-order valence-electron chi connectivity index (χ2n) is 5.46. The molecule has 3 nitrogen and oxygen atoms in total. The van der Waals surface area contributed by atoms with E-state index < -0.39 is 0 Å². The lowest BCUT2D eigenvalue weighted by Gasteiger charge is -2.16. The third-order valence-electron chi connectivity index (χ3n) is 3.78. The Morgan fingerprint density at radius 2 is 2.04 bits per heavy atom. The van der Waals surface area contributed by atoms with Gasteiger partial charge in [-0.3, -0.25) is 0 Å². The summed E-state index contributed by atoms with van der Waals surface area (Å²) in [5.41, 5.74) is 3.02. The first kappa shape index (κ1) is 15.4. The molecule has 0 bridgehead atoms. The predicted octanol–water partition coefficient (Wildman–Crippen LogP) is 5.43. The van der Waals surface area contributed by atoms with Crippen LogP contribution in [0.5, 0.6) is 5.75 Å². The summed E-state index contributed by atoms with van der Waals surface area (Å²) in [5, 5.41) is 0. The van der Waals surface area contributed by atoms with E-state index in [9.17, 15) is 4.79 Å². The van der Waals surface area contributed by atoms with Crippen molar-refractivity contribution in [3.05, 3.63) is 75.1 Å². The zero-order valence-electron chi connectivity index (χ0n) is 12.6. The van der Waals surface area contributed by atoms with Crippen molar-refractivity contribution < 1.29 is 14.3 Å². The topological polar surface area (TPSA) is 35.5 Å². The van der Waals surface area contributed by atoms with E-state index in [1.165, 1.54) is 11.3 Å². The van der Waals surface area contributed by atoms with E-state index in [1.54, 1.807) is 0 Å². The fourth-order valence-corrected chi connectivity index (χ4v) is 4.18. The van der Waals surface area contributed by atoms with Crippen LogP contribution in [0, 0.1) is 0 Å². The van der Waals surface area contributed by atoms with Gasteiger partial charge in [0.2, 0.25) is 0 Å². The molecule has 4 rings (SSSR count). The molecule has 1 aliphatic heterocycles. The largest absolute Gasteiger partial charge is 0.488 e. The van der Waals surface area contributed by atoms with Crippen LogP contribution < -0.4 is 4.74 Å². The highest BCUT2D eigenvalue weighted by Gasteiger charge is 2.23. The van der Waals surface area contributed by atoms with Crippen LogP contribution in [0.3, 0.4) is 0 Å². The molecule has 0 saturated heterocycles. The van der Waals surface area contributed by atoms with Crippen LogP contribution in [0.1, 0.15) is 20.8 Å². The highest BCUT2D eigenvalue weighted by atomic mass is 79.9. The Morgan fingerprint density at radius 3 is 2.92 bits per heavy atom. The molecule has 1 aromatic heterocycles. The van der Waals surface area contributed by atoms with Gasteiger partial charge >= 0.3 is 5.97 Å². The number of rotatable bonds is 3. The van der Waals surface area contributed by atoms with Crippen LogP contribution in [0.25, 0.3) is 10.4 Å². The second kappa shape index (κ2) is 6.42. The molecule has 0 aliphatic carbocycles. The minimum Gasteiger partial charge on any atom is -0.488 e. The van der Waals surface area contributed by atoms with E-state index >= 15 is 0 Å². The molecule has 5 heteroatoms. The van der Waals surface area contributed by atoms with Crippen molar-refractivity contribution in [2.45, 2.75) is 13.2 Å². The molecule has 0 saturated carbocycles. The van der Waals surface area contributed by atoms with Crippen LogP contribution in [-0.2, 0) is 18.0 Å². The molecule has 0 spiro atoms. The average molecular weight is 401 g/mol. The molecule has 2 heterocycles. The van der Waals surface area contributed by atoms with Crippen LogP contribution in [0.4, 0.5) is 0 Å². The lowest BCUT2D eigenvalue weighted by Crippen LogP contribution is -2.03. The summed E-state index contributed by atoms with van der Waals surface area (Å²) in [7, 11) is 0. The van der Waals surface area contributed by atoms with Crippen molar-refractivity contribution in [2.24, 2.45) is 0 Å².